The molecular formula is C10H14N4O2S2. The normalized spacial score (nSPS) is 11.9. The zero-order valence-corrected chi connectivity index (χ0v) is 11.1. The second-order valence-electron chi connectivity index (χ2n) is 3.24. The van der Waals surface area contributed by atoms with Crippen molar-refractivity contribution < 1.29 is 9.90 Å². The van der Waals surface area contributed by atoms with Gasteiger partial charge in [-0.05, 0) is 29.6 Å². The van der Waals surface area contributed by atoms with Crippen molar-refractivity contribution in [3.05, 3.63) is 40.6 Å². The van der Waals surface area contributed by atoms with Crippen LogP contribution >= 0.6 is 23.7 Å². The van der Waals surface area contributed by atoms with E-state index in [4.69, 9.17) is 21.8 Å². The lowest BCUT2D eigenvalue weighted by atomic mass is 10.2. The molecule has 8 heteroatoms. The van der Waals surface area contributed by atoms with Crippen molar-refractivity contribution in [2.75, 3.05) is 0 Å². The molecule has 0 atom stereocenters. The highest BCUT2D eigenvalue weighted by atomic mass is 32.2. The van der Waals surface area contributed by atoms with Crippen LogP contribution in [0.4, 0.5) is 0 Å². The van der Waals surface area contributed by atoms with Gasteiger partial charge in [-0.15, -0.1) is 11.8 Å². The van der Waals surface area contributed by atoms with E-state index in [9.17, 15) is 4.79 Å². The van der Waals surface area contributed by atoms with Gasteiger partial charge in [-0.3, -0.25) is 5.14 Å². The first kappa shape index (κ1) is 14.7. The first-order valence-corrected chi connectivity index (χ1v) is 6.73. The summed E-state index contributed by atoms with van der Waals surface area (Å²) in [4.78, 5) is 11.6. The molecule has 1 rings (SSSR count). The Morgan fingerprint density at radius 1 is 1.33 bits per heavy atom. The lowest BCUT2D eigenvalue weighted by molar-refractivity contribution is -0.132. The molecule has 0 aliphatic carbocycles. The van der Waals surface area contributed by atoms with Gasteiger partial charge in [0.25, 0.3) is 0 Å². The van der Waals surface area contributed by atoms with Gasteiger partial charge < -0.3 is 16.3 Å². The van der Waals surface area contributed by atoms with Crippen molar-refractivity contribution in [1.82, 2.24) is 5.43 Å². The lowest BCUT2D eigenvalue weighted by Gasteiger charge is -2.08. The molecular weight excluding hydrogens is 272 g/mol. The van der Waals surface area contributed by atoms with Crippen LogP contribution in [-0.4, -0.2) is 11.1 Å². The van der Waals surface area contributed by atoms with Crippen LogP contribution in [-0.2, 0) is 10.5 Å². The maximum Gasteiger partial charge on any atom is 0.354 e. The second kappa shape index (κ2) is 7.17. The summed E-state index contributed by atoms with van der Waals surface area (Å²) in [6, 6.07) is 7.60. The number of benzene rings is 1. The molecule has 1 aromatic carbocycles. The summed E-state index contributed by atoms with van der Waals surface area (Å²) in [7, 11) is 0. The predicted octanol–water partition coefficient (Wildman–Crippen LogP) is 0.561. The average molecular weight is 286 g/mol. The molecule has 0 bridgehead atoms. The number of carbonyl (C=O) groups is 1. The van der Waals surface area contributed by atoms with Crippen molar-refractivity contribution in [3.8, 4) is 0 Å². The fraction of sp³-hybridized carbons (Fsp3) is 0.100. The minimum Gasteiger partial charge on any atom is -0.477 e. The quantitative estimate of drug-likeness (QED) is 0.222. The van der Waals surface area contributed by atoms with E-state index in [-0.39, 0.29) is 10.7 Å². The van der Waals surface area contributed by atoms with E-state index in [2.05, 4.69) is 5.43 Å². The standard InChI is InChI=1S/C10H14N4O2S2/c11-8(10(15)16)9(14-12)17-5-6-1-3-7(18-13)4-2-6/h1-4,14H,5,11-13H2,(H,15,16)/b9-8+. The third-order valence-corrected chi connectivity index (χ3v) is 3.70. The highest BCUT2D eigenvalue weighted by Gasteiger charge is 2.10. The maximum absolute atomic E-state index is 10.7. The molecule has 0 radical (unpaired) electrons. The number of hydrazine groups is 1. The molecule has 6 nitrogen and oxygen atoms in total. The monoisotopic (exact) mass is 286 g/mol. The first-order valence-electron chi connectivity index (χ1n) is 4.86. The molecule has 0 heterocycles. The van der Waals surface area contributed by atoms with E-state index in [1.165, 1.54) is 23.7 Å². The Labute approximate surface area is 113 Å². The number of aliphatic carboxylic acids is 1. The highest BCUT2D eigenvalue weighted by Crippen LogP contribution is 2.21. The topological polar surface area (TPSA) is 127 Å². The van der Waals surface area contributed by atoms with E-state index >= 15 is 0 Å². The number of carboxylic acid groups (broad SMARTS) is 1. The zero-order valence-electron chi connectivity index (χ0n) is 9.42. The minimum absolute atomic E-state index is 0.236. The number of nitrogens with two attached hydrogens (primary N) is 3. The van der Waals surface area contributed by atoms with E-state index in [0.29, 0.717) is 5.75 Å². The maximum atomic E-state index is 10.7. The van der Waals surface area contributed by atoms with Gasteiger partial charge in [0.2, 0.25) is 0 Å². The molecule has 0 aliphatic rings. The largest absolute Gasteiger partial charge is 0.477 e. The molecule has 0 saturated heterocycles. The molecule has 0 amide bonds. The van der Waals surface area contributed by atoms with Gasteiger partial charge in [-0.2, -0.15) is 0 Å². The van der Waals surface area contributed by atoms with E-state index in [1.807, 2.05) is 24.3 Å². The third kappa shape index (κ3) is 4.15. The van der Waals surface area contributed by atoms with Crippen LogP contribution < -0.4 is 22.1 Å². The van der Waals surface area contributed by atoms with Crippen molar-refractivity contribution in [2.45, 2.75) is 10.6 Å². The van der Waals surface area contributed by atoms with Gasteiger partial charge in [0, 0.05) is 10.6 Å². The number of nitrogens with one attached hydrogen (secondary N) is 1. The van der Waals surface area contributed by atoms with Crippen molar-refractivity contribution in [3.63, 3.8) is 0 Å². The van der Waals surface area contributed by atoms with Gasteiger partial charge in [0.15, 0.2) is 0 Å². The molecule has 98 valence electrons. The fourth-order valence-electron chi connectivity index (χ4n) is 1.11. The fourth-order valence-corrected chi connectivity index (χ4v) is 2.24. The molecule has 0 saturated carbocycles. The van der Waals surface area contributed by atoms with Crippen LogP contribution in [0.2, 0.25) is 0 Å². The molecule has 8 N–H and O–H groups in total. The Kier molecular flexibility index (Phi) is 5.86. The summed E-state index contributed by atoms with van der Waals surface area (Å²) < 4.78 is 0. The molecule has 0 unspecified atom stereocenters. The Hall–Kier alpha value is -1.35. The average Bonchev–Trinajstić information content (AvgIpc) is 2.39. The molecule has 18 heavy (non-hydrogen) atoms. The molecule has 0 aromatic heterocycles. The zero-order chi connectivity index (χ0) is 13.5. The Morgan fingerprint density at radius 2 is 1.94 bits per heavy atom. The van der Waals surface area contributed by atoms with E-state index < -0.39 is 5.97 Å². The van der Waals surface area contributed by atoms with Crippen LogP contribution in [0.15, 0.2) is 39.9 Å². The molecule has 0 spiro atoms. The Morgan fingerprint density at radius 3 is 2.39 bits per heavy atom. The summed E-state index contributed by atoms with van der Waals surface area (Å²) in [5.74, 6) is 4.58. The smallest absolute Gasteiger partial charge is 0.354 e. The molecule has 0 aliphatic heterocycles. The summed E-state index contributed by atoms with van der Waals surface area (Å²) in [5.41, 5.74) is 8.39. The molecule has 1 aromatic rings. The van der Waals surface area contributed by atoms with Gasteiger partial charge in [0.05, 0.1) is 0 Å². The van der Waals surface area contributed by atoms with Crippen LogP contribution in [0.3, 0.4) is 0 Å². The molecule has 0 fully saturated rings. The van der Waals surface area contributed by atoms with Crippen molar-refractivity contribution in [2.24, 2.45) is 16.7 Å². The Bertz CT molecular complexity index is 448. The number of thioether (sulfide) groups is 1. The van der Waals surface area contributed by atoms with Crippen molar-refractivity contribution in [1.29, 1.82) is 0 Å². The van der Waals surface area contributed by atoms with Crippen LogP contribution in [0.25, 0.3) is 0 Å². The van der Waals surface area contributed by atoms with Gasteiger partial charge in [0.1, 0.15) is 10.7 Å². The third-order valence-electron chi connectivity index (χ3n) is 2.05. The van der Waals surface area contributed by atoms with Crippen LogP contribution in [0.5, 0.6) is 0 Å². The van der Waals surface area contributed by atoms with Crippen LogP contribution in [0, 0.1) is 0 Å². The second-order valence-corrected chi connectivity index (χ2v) is 4.94. The number of carboxylic acids is 1. The van der Waals surface area contributed by atoms with E-state index in [1.54, 1.807) is 0 Å². The van der Waals surface area contributed by atoms with Gasteiger partial charge in [-0.1, -0.05) is 12.1 Å². The minimum atomic E-state index is -1.20. The summed E-state index contributed by atoms with van der Waals surface area (Å²) in [6.07, 6.45) is 0. The lowest BCUT2D eigenvalue weighted by Crippen LogP contribution is -2.26. The number of hydrogen-bond acceptors (Lipinski definition) is 7. The van der Waals surface area contributed by atoms with Crippen LogP contribution in [0.1, 0.15) is 5.56 Å². The number of rotatable bonds is 6. The predicted molar refractivity (Wildman–Crippen MR) is 74.0 cm³/mol. The number of hydrogen-bond donors (Lipinski definition) is 5. The Balaban J connectivity index is 2.68. The van der Waals surface area contributed by atoms with Gasteiger partial charge >= 0.3 is 5.97 Å². The van der Waals surface area contributed by atoms with Gasteiger partial charge in [-0.25, -0.2) is 10.6 Å². The highest BCUT2D eigenvalue weighted by molar-refractivity contribution is 8.02. The van der Waals surface area contributed by atoms with E-state index in [0.717, 1.165) is 10.5 Å². The summed E-state index contributed by atoms with van der Waals surface area (Å²) in [5, 5.41) is 14.4. The SMILES string of the molecule is NN/C(SCc1ccc(SN)cc1)=C(\N)C(=O)O. The van der Waals surface area contributed by atoms with Crippen molar-refractivity contribution >= 4 is 29.7 Å². The summed E-state index contributed by atoms with van der Waals surface area (Å²) >= 11 is 2.39. The summed E-state index contributed by atoms with van der Waals surface area (Å²) in [6.45, 7) is 0. The first-order chi connectivity index (χ1) is 8.58.